The highest BCUT2D eigenvalue weighted by Crippen LogP contribution is 2.26. The molecule has 0 bridgehead atoms. The molecule has 1 fully saturated rings. The van der Waals surface area contributed by atoms with Crippen molar-refractivity contribution < 1.29 is 13.2 Å². The Morgan fingerprint density at radius 1 is 1.23 bits per heavy atom. The number of nitrogens with one attached hydrogen (secondary N) is 1. The average Bonchev–Trinajstić information content (AvgIpc) is 3.28. The van der Waals surface area contributed by atoms with Gasteiger partial charge in [0, 0.05) is 44.9 Å². The van der Waals surface area contributed by atoms with Gasteiger partial charge in [0.25, 0.3) is 5.56 Å². The third-order valence-electron chi connectivity index (χ3n) is 6.21. The van der Waals surface area contributed by atoms with Gasteiger partial charge >= 0.3 is 0 Å². The molecule has 0 radical (unpaired) electrons. The maximum absolute atomic E-state index is 12.7. The van der Waals surface area contributed by atoms with Crippen molar-refractivity contribution in [3.63, 3.8) is 0 Å². The Balaban J connectivity index is 1.41. The van der Waals surface area contributed by atoms with E-state index in [2.05, 4.69) is 9.97 Å². The van der Waals surface area contributed by atoms with E-state index in [-0.39, 0.29) is 29.7 Å². The van der Waals surface area contributed by atoms with E-state index in [1.807, 2.05) is 35.2 Å². The molecule has 31 heavy (non-hydrogen) atoms. The van der Waals surface area contributed by atoms with E-state index < -0.39 is 10.0 Å². The zero-order chi connectivity index (χ0) is 22.0. The minimum atomic E-state index is -3.34. The van der Waals surface area contributed by atoms with E-state index in [0.29, 0.717) is 56.0 Å². The predicted molar refractivity (Wildman–Crippen MR) is 117 cm³/mol. The van der Waals surface area contributed by atoms with Crippen molar-refractivity contribution in [2.45, 2.75) is 45.1 Å². The van der Waals surface area contributed by atoms with Crippen molar-refractivity contribution in [1.29, 1.82) is 0 Å². The number of hydrogen-bond donors (Lipinski definition) is 1. The van der Waals surface area contributed by atoms with Crippen LogP contribution in [-0.4, -0.2) is 58.9 Å². The molecule has 0 unspecified atom stereocenters. The van der Waals surface area contributed by atoms with Crippen LogP contribution in [0.5, 0.6) is 0 Å². The van der Waals surface area contributed by atoms with Crippen LogP contribution in [-0.2, 0) is 34.2 Å². The predicted octanol–water partition coefficient (Wildman–Crippen LogP) is 1.43. The van der Waals surface area contributed by atoms with E-state index in [1.54, 1.807) is 6.92 Å². The topological polar surface area (TPSA) is 103 Å². The zero-order valence-electron chi connectivity index (χ0n) is 17.7. The molecule has 9 heteroatoms. The molecular weight excluding hydrogens is 416 g/mol. The molecule has 8 nitrogen and oxygen atoms in total. The van der Waals surface area contributed by atoms with Crippen LogP contribution >= 0.6 is 0 Å². The highest BCUT2D eigenvalue weighted by Gasteiger charge is 2.32. The molecule has 1 aromatic carbocycles. The number of amides is 1. The number of fused-ring (bicyclic) bond motifs is 1. The Hall–Kier alpha value is -2.52. The van der Waals surface area contributed by atoms with Crippen LogP contribution in [0.15, 0.2) is 35.1 Å². The molecule has 2 aliphatic rings. The number of rotatable bonds is 6. The molecule has 3 heterocycles. The van der Waals surface area contributed by atoms with Gasteiger partial charge in [0.2, 0.25) is 15.9 Å². The summed E-state index contributed by atoms with van der Waals surface area (Å²) >= 11 is 0. The van der Waals surface area contributed by atoms with Crippen LogP contribution in [0.1, 0.15) is 48.3 Å². The Labute approximate surface area is 182 Å². The molecule has 1 saturated heterocycles. The molecule has 0 spiro atoms. The highest BCUT2D eigenvalue weighted by atomic mass is 32.2. The smallest absolute Gasteiger partial charge is 0.255 e. The second-order valence-electron chi connectivity index (χ2n) is 8.17. The standard InChI is InChI=1S/C22H28N4O4S/c1-2-31(29,30)26-13-11-19-18(15-26)22(28)24-21(23-19)17-10-12-25(14-17)20(27)9-8-16-6-4-3-5-7-16/h3-7,17H,2,8-15H2,1H3,(H,23,24,28)/t17-/m1/s1. The number of nitrogens with zero attached hydrogens (tertiary/aromatic N) is 3. The van der Waals surface area contributed by atoms with Gasteiger partial charge in [-0.2, -0.15) is 4.31 Å². The average molecular weight is 445 g/mol. The number of likely N-dealkylation sites (tertiary alicyclic amines) is 1. The van der Waals surface area contributed by atoms with Crippen molar-refractivity contribution in [2.75, 3.05) is 25.4 Å². The minimum Gasteiger partial charge on any atom is -0.342 e. The Bertz CT molecular complexity index is 1110. The lowest BCUT2D eigenvalue weighted by molar-refractivity contribution is -0.130. The summed E-state index contributed by atoms with van der Waals surface area (Å²) in [4.78, 5) is 34.7. The number of carbonyl (C=O) groups excluding carboxylic acids is 1. The molecule has 1 aromatic heterocycles. The second-order valence-corrected chi connectivity index (χ2v) is 10.4. The fourth-order valence-electron chi connectivity index (χ4n) is 4.30. The van der Waals surface area contributed by atoms with Crippen LogP contribution in [0, 0.1) is 0 Å². The lowest BCUT2D eigenvalue weighted by Crippen LogP contribution is -2.40. The van der Waals surface area contributed by atoms with Gasteiger partial charge in [-0.05, 0) is 25.3 Å². The van der Waals surface area contributed by atoms with Crippen molar-refractivity contribution >= 4 is 15.9 Å². The SMILES string of the molecule is CCS(=O)(=O)N1CCc2nc([C@@H]3CCN(C(=O)CCc4ccccc4)C3)[nH]c(=O)c2C1. The summed E-state index contributed by atoms with van der Waals surface area (Å²) in [7, 11) is -3.34. The lowest BCUT2D eigenvalue weighted by Gasteiger charge is -2.27. The highest BCUT2D eigenvalue weighted by molar-refractivity contribution is 7.89. The molecule has 0 saturated carbocycles. The van der Waals surface area contributed by atoms with Gasteiger partial charge in [-0.1, -0.05) is 30.3 Å². The van der Waals surface area contributed by atoms with Crippen molar-refractivity contribution in [1.82, 2.24) is 19.2 Å². The normalized spacial score (nSPS) is 19.4. The zero-order valence-corrected chi connectivity index (χ0v) is 18.5. The van der Waals surface area contributed by atoms with Crippen molar-refractivity contribution in [2.24, 2.45) is 0 Å². The largest absolute Gasteiger partial charge is 0.342 e. The fourth-order valence-corrected chi connectivity index (χ4v) is 5.36. The summed E-state index contributed by atoms with van der Waals surface area (Å²) in [6.07, 6.45) is 2.37. The van der Waals surface area contributed by atoms with Crippen LogP contribution in [0.25, 0.3) is 0 Å². The summed E-state index contributed by atoms with van der Waals surface area (Å²) in [5.74, 6) is 0.735. The molecular formula is C22H28N4O4S. The van der Waals surface area contributed by atoms with Crippen molar-refractivity contribution in [3.8, 4) is 0 Å². The van der Waals surface area contributed by atoms with Gasteiger partial charge in [0.05, 0.1) is 17.0 Å². The molecule has 1 amide bonds. The lowest BCUT2D eigenvalue weighted by atomic mass is 10.1. The summed E-state index contributed by atoms with van der Waals surface area (Å²) in [6, 6.07) is 9.95. The summed E-state index contributed by atoms with van der Waals surface area (Å²) in [6.45, 7) is 3.22. The van der Waals surface area contributed by atoms with Gasteiger partial charge in [-0.3, -0.25) is 9.59 Å². The van der Waals surface area contributed by atoms with E-state index in [4.69, 9.17) is 0 Å². The van der Waals surface area contributed by atoms with Gasteiger partial charge in [0.1, 0.15) is 5.82 Å². The van der Waals surface area contributed by atoms with Crippen LogP contribution in [0.3, 0.4) is 0 Å². The summed E-state index contributed by atoms with van der Waals surface area (Å²) in [5.41, 5.74) is 1.98. The third-order valence-corrected chi connectivity index (χ3v) is 8.04. The Morgan fingerprint density at radius 3 is 2.74 bits per heavy atom. The molecule has 2 aliphatic heterocycles. The number of carbonyl (C=O) groups is 1. The number of aromatic nitrogens is 2. The van der Waals surface area contributed by atoms with Crippen LogP contribution < -0.4 is 5.56 Å². The first kappa shape index (κ1) is 21.7. The Kier molecular flexibility index (Phi) is 6.24. The molecule has 2 aromatic rings. The molecule has 1 N–H and O–H groups in total. The van der Waals surface area contributed by atoms with Gasteiger partial charge < -0.3 is 9.88 Å². The number of benzene rings is 1. The molecule has 0 aliphatic carbocycles. The van der Waals surface area contributed by atoms with Gasteiger partial charge in [0.15, 0.2) is 0 Å². The van der Waals surface area contributed by atoms with Gasteiger partial charge in [-0.15, -0.1) is 0 Å². The number of aromatic amines is 1. The minimum absolute atomic E-state index is 0.00363. The quantitative estimate of drug-likeness (QED) is 0.726. The van der Waals surface area contributed by atoms with E-state index in [9.17, 15) is 18.0 Å². The monoisotopic (exact) mass is 444 g/mol. The first-order valence-electron chi connectivity index (χ1n) is 10.8. The van der Waals surface area contributed by atoms with Gasteiger partial charge in [-0.25, -0.2) is 13.4 Å². The van der Waals surface area contributed by atoms with E-state index in [1.165, 1.54) is 4.31 Å². The maximum atomic E-state index is 12.7. The summed E-state index contributed by atoms with van der Waals surface area (Å²) < 4.78 is 25.7. The number of hydrogen-bond acceptors (Lipinski definition) is 5. The maximum Gasteiger partial charge on any atom is 0.255 e. The van der Waals surface area contributed by atoms with Crippen LogP contribution in [0.2, 0.25) is 0 Å². The number of sulfonamides is 1. The number of aryl methyl sites for hydroxylation is 1. The van der Waals surface area contributed by atoms with E-state index >= 15 is 0 Å². The second kappa shape index (κ2) is 8.92. The first-order valence-corrected chi connectivity index (χ1v) is 12.4. The van der Waals surface area contributed by atoms with E-state index in [0.717, 1.165) is 12.0 Å². The Morgan fingerprint density at radius 2 is 2.00 bits per heavy atom. The first-order chi connectivity index (χ1) is 14.9. The summed E-state index contributed by atoms with van der Waals surface area (Å²) in [5, 5.41) is 0. The molecule has 166 valence electrons. The molecule has 4 rings (SSSR count). The van der Waals surface area contributed by atoms with Crippen LogP contribution in [0.4, 0.5) is 0 Å². The number of H-pyrrole nitrogens is 1. The fraction of sp³-hybridized carbons (Fsp3) is 0.500. The molecule has 1 atom stereocenters. The van der Waals surface area contributed by atoms with Crippen molar-refractivity contribution in [3.05, 3.63) is 63.3 Å². The third kappa shape index (κ3) is 4.72.